The van der Waals surface area contributed by atoms with E-state index in [-0.39, 0.29) is 13.0 Å². The molecule has 0 saturated heterocycles. The predicted octanol–water partition coefficient (Wildman–Crippen LogP) is 4.15. The van der Waals surface area contributed by atoms with Crippen molar-refractivity contribution in [1.29, 1.82) is 0 Å². The van der Waals surface area contributed by atoms with Gasteiger partial charge in [-0.25, -0.2) is 0 Å². The Kier molecular flexibility index (Phi) is 4.57. The Labute approximate surface area is 123 Å². The maximum absolute atomic E-state index is 14.2. The lowest BCUT2D eigenvalue weighted by Gasteiger charge is -2.30. The van der Waals surface area contributed by atoms with Crippen LogP contribution in [0.5, 0.6) is 0 Å². The van der Waals surface area contributed by atoms with Gasteiger partial charge in [-0.15, -0.1) is 0 Å². The fourth-order valence-electron chi connectivity index (χ4n) is 2.34. The van der Waals surface area contributed by atoms with E-state index in [0.29, 0.717) is 6.42 Å². The number of ketones is 1. The van der Waals surface area contributed by atoms with Crippen molar-refractivity contribution in [3.8, 4) is 0 Å². The van der Waals surface area contributed by atoms with Crippen LogP contribution in [0.3, 0.4) is 0 Å². The zero-order valence-corrected chi connectivity index (χ0v) is 12.3. The lowest BCUT2D eigenvalue weighted by molar-refractivity contribution is -0.165. The number of Topliss-reactive ketones (excluding diaryl/α,β-unsaturated/α-hetero) is 1. The van der Waals surface area contributed by atoms with Gasteiger partial charge in [0, 0.05) is 6.42 Å². The van der Waals surface area contributed by atoms with Crippen molar-refractivity contribution in [3.63, 3.8) is 0 Å². The molecule has 0 radical (unpaired) electrons. The molecule has 0 amide bonds. The van der Waals surface area contributed by atoms with Gasteiger partial charge in [-0.05, 0) is 17.4 Å². The quantitative estimate of drug-likeness (QED) is 0.783. The molecule has 2 rings (SSSR count). The number of carbonyl (C=O) groups is 1. The molecule has 0 aromatic heterocycles. The molecule has 0 spiro atoms. The third-order valence-corrected chi connectivity index (χ3v) is 3.62. The van der Waals surface area contributed by atoms with Gasteiger partial charge in [0.1, 0.15) is 6.10 Å². The fraction of sp³-hybridized carbons (Fsp3) is 0.471. The van der Waals surface area contributed by atoms with Crippen LogP contribution in [-0.2, 0) is 16.1 Å². The second kappa shape index (κ2) is 6.06. The third-order valence-electron chi connectivity index (χ3n) is 3.62. The van der Waals surface area contributed by atoms with E-state index in [0.717, 1.165) is 5.56 Å². The number of rotatable bonds is 3. The van der Waals surface area contributed by atoms with Gasteiger partial charge in [0.25, 0.3) is 0 Å². The first-order chi connectivity index (χ1) is 9.81. The maximum Gasteiger partial charge on any atom is 0.334 e. The Hall–Kier alpha value is -1.55. The van der Waals surface area contributed by atoms with Crippen molar-refractivity contribution in [3.05, 3.63) is 48.0 Å². The molecule has 1 aliphatic carbocycles. The fourth-order valence-corrected chi connectivity index (χ4v) is 2.34. The number of allylic oxidation sites excluding steroid dienone is 1. The summed E-state index contributed by atoms with van der Waals surface area (Å²) < 4.78 is 33.7. The van der Waals surface area contributed by atoms with Gasteiger partial charge in [-0.2, -0.15) is 8.78 Å². The Morgan fingerprint density at radius 1 is 1.24 bits per heavy atom. The number of hydrogen-bond acceptors (Lipinski definition) is 2. The van der Waals surface area contributed by atoms with Gasteiger partial charge in [-0.3, -0.25) is 4.79 Å². The molecule has 0 heterocycles. The summed E-state index contributed by atoms with van der Waals surface area (Å²) in [6, 6.07) is 9.09. The van der Waals surface area contributed by atoms with Crippen molar-refractivity contribution in [2.24, 2.45) is 5.41 Å². The van der Waals surface area contributed by atoms with Crippen LogP contribution in [0.4, 0.5) is 8.78 Å². The molecule has 1 aliphatic rings. The molecule has 1 aromatic carbocycles. The number of benzene rings is 1. The molecule has 0 bridgehead atoms. The molecule has 4 heteroatoms. The van der Waals surface area contributed by atoms with Gasteiger partial charge in [0.15, 0.2) is 0 Å². The number of hydrogen-bond donors (Lipinski definition) is 0. The van der Waals surface area contributed by atoms with Crippen LogP contribution in [-0.4, -0.2) is 17.8 Å². The van der Waals surface area contributed by atoms with E-state index < -0.39 is 23.2 Å². The number of ether oxygens (including phenoxy) is 1. The Bertz CT molecular complexity index is 521. The highest BCUT2D eigenvalue weighted by atomic mass is 19.3. The lowest BCUT2D eigenvalue weighted by Crippen LogP contribution is -2.44. The van der Waals surface area contributed by atoms with E-state index in [4.69, 9.17) is 4.74 Å². The summed E-state index contributed by atoms with van der Waals surface area (Å²) >= 11 is 0. The van der Waals surface area contributed by atoms with Gasteiger partial charge in [-0.1, -0.05) is 56.3 Å². The Morgan fingerprint density at radius 2 is 1.90 bits per heavy atom. The van der Waals surface area contributed by atoms with E-state index in [1.807, 2.05) is 32.0 Å². The van der Waals surface area contributed by atoms with E-state index >= 15 is 0 Å². The Balaban J connectivity index is 2.13. The highest BCUT2D eigenvalue weighted by Gasteiger charge is 2.48. The molecule has 0 saturated carbocycles. The first kappa shape index (κ1) is 15.8. The van der Waals surface area contributed by atoms with E-state index in [1.54, 1.807) is 18.2 Å². The summed E-state index contributed by atoms with van der Waals surface area (Å²) in [6.07, 6.45) is 1.95. The second-order valence-corrected chi connectivity index (χ2v) is 6.24. The summed E-state index contributed by atoms with van der Waals surface area (Å²) in [7, 11) is 0. The first-order valence-corrected chi connectivity index (χ1v) is 7.04. The summed E-state index contributed by atoms with van der Waals surface area (Å²) in [5.41, 5.74) is 0.359. The number of halogens is 2. The van der Waals surface area contributed by atoms with E-state index in [1.165, 1.54) is 6.08 Å². The summed E-state index contributed by atoms with van der Waals surface area (Å²) in [6.45, 7) is 3.69. The van der Waals surface area contributed by atoms with Crippen LogP contribution >= 0.6 is 0 Å². The SMILES string of the molecule is CC1(C)C/C=C\C(OCc2ccccc2)C(F)(F)C(=O)C1. The largest absolute Gasteiger partial charge is 0.363 e. The smallest absolute Gasteiger partial charge is 0.334 e. The highest BCUT2D eigenvalue weighted by molar-refractivity contribution is 5.87. The molecule has 0 aliphatic heterocycles. The van der Waals surface area contributed by atoms with Gasteiger partial charge in [0.05, 0.1) is 6.61 Å². The van der Waals surface area contributed by atoms with Crippen LogP contribution in [0.15, 0.2) is 42.5 Å². The standard InChI is InChI=1S/C17H20F2O2/c1-16(2)10-6-9-15(17(18,19)14(20)11-16)21-12-13-7-4-3-5-8-13/h3-9,15H,10-12H2,1-2H3/b9-6-. The lowest BCUT2D eigenvalue weighted by atomic mass is 9.80. The summed E-state index contributed by atoms with van der Waals surface area (Å²) in [5.74, 6) is -4.53. The minimum Gasteiger partial charge on any atom is -0.363 e. The molecule has 1 aromatic rings. The topological polar surface area (TPSA) is 26.3 Å². The average Bonchev–Trinajstić information content (AvgIpc) is 2.42. The normalized spacial score (nSPS) is 25.9. The molecular weight excluding hydrogens is 274 g/mol. The molecule has 1 unspecified atom stereocenters. The minimum atomic E-state index is -3.48. The summed E-state index contributed by atoms with van der Waals surface area (Å²) in [4.78, 5) is 11.9. The zero-order valence-electron chi connectivity index (χ0n) is 12.3. The van der Waals surface area contributed by atoms with Crippen LogP contribution in [0.2, 0.25) is 0 Å². The van der Waals surface area contributed by atoms with E-state index in [2.05, 4.69) is 0 Å². The Morgan fingerprint density at radius 3 is 2.57 bits per heavy atom. The van der Waals surface area contributed by atoms with E-state index in [9.17, 15) is 13.6 Å². The summed E-state index contributed by atoms with van der Waals surface area (Å²) in [5, 5.41) is 0. The first-order valence-electron chi connectivity index (χ1n) is 7.04. The molecule has 0 fully saturated rings. The van der Waals surface area contributed by atoms with Crippen molar-refractivity contribution in [2.75, 3.05) is 0 Å². The molecular formula is C17H20F2O2. The molecule has 0 N–H and O–H groups in total. The predicted molar refractivity (Wildman–Crippen MR) is 77.1 cm³/mol. The van der Waals surface area contributed by atoms with Crippen molar-refractivity contribution >= 4 is 5.78 Å². The van der Waals surface area contributed by atoms with Gasteiger partial charge < -0.3 is 4.74 Å². The van der Waals surface area contributed by atoms with Crippen LogP contribution < -0.4 is 0 Å². The molecule has 2 nitrogen and oxygen atoms in total. The van der Waals surface area contributed by atoms with Crippen molar-refractivity contribution < 1.29 is 18.3 Å². The van der Waals surface area contributed by atoms with Gasteiger partial charge in [0.2, 0.25) is 5.78 Å². The maximum atomic E-state index is 14.2. The van der Waals surface area contributed by atoms with Crippen molar-refractivity contribution in [1.82, 2.24) is 0 Å². The number of alkyl halides is 2. The highest BCUT2D eigenvalue weighted by Crippen LogP contribution is 2.35. The molecule has 21 heavy (non-hydrogen) atoms. The van der Waals surface area contributed by atoms with Crippen LogP contribution in [0, 0.1) is 5.41 Å². The third kappa shape index (κ3) is 3.97. The molecule has 1 atom stereocenters. The monoisotopic (exact) mass is 294 g/mol. The van der Waals surface area contributed by atoms with Gasteiger partial charge >= 0.3 is 5.92 Å². The van der Waals surface area contributed by atoms with Crippen LogP contribution in [0.25, 0.3) is 0 Å². The van der Waals surface area contributed by atoms with Crippen molar-refractivity contribution in [2.45, 2.75) is 45.3 Å². The second-order valence-electron chi connectivity index (χ2n) is 6.24. The molecule has 114 valence electrons. The zero-order chi connectivity index (χ0) is 15.5. The van der Waals surface area contributed by atoms with Crippen LogP contribution in [0.1, 0.15) is 32.3 Å². The average molecular weight is 294 g/mol. The number of carbonyl (C=O) groups excluding carboxylic acids is 1. The minimum absolute atomic E-state index is 0.0576.